The third-order valence-electron chi connectivity index (χ3n) is 22.6. The summed E-state index contributed by atoms with van der Waals surface area (Å²) in [4.78, 5) is 30.5. The molecule has 416 valence electrons. The highest BCUT2D eigenvalue weighted by Gasteiger charge is 2.61. The van der Waals surface area contributed by atoms with E-state index in [9.17, 15) is 24.9 Å². The van der Waals surface area contributed by atoms with Crippen molar-refractivity contribution in [3.8, 4) is 0 Å². The number of carboxylic acids is 1. The Morgan fingerprint density at radius 2 is 1.11 bits per heavy atom. The number of esters is 1. The largest absolute Gasteiger partial charge is 0.478 e. The van der Waals surface area contributed by atoms with Gasteiger partial charge in [-0.2, -0.15) is 0 Å². The Balaban J connectivity index is 0.000000174. The van der Waals surface area contributed by atoms with Gasteiger partial charge >= 0.3 is 11.9 Å². The maximum atomic E-state index is 12.6. The minimum Gasteiger partial charge on any atom is -0.478 e. The van der Waals surface area contributed by atoms with Gasteiger partial charge in [0.15, 0.2) is 0 Å². The molecule has 2 aromatic heterocycles. The summed E-state index contributed by atoms with van der Waals surface area (Å²) in [6, 6.07) is 6.66. The number of ether oxygens (including phenoxy) is 1. The highest BCUT2D eigenvalue weighted by Crippen LogP contribution is 2.69. The van der Waals surface area contributed by atoms with E-state index >= 15 is 0 Å². The molecule has 8 aliphatic carbocycles. The average Bonchev–Trinajstić information content (AvgIpc) is 3.91. The van der Waals surface area contributed by atoms with Crippen molar-refractivity contribution in [3.05, 3.63) is 83.5 Å². The molecule has 0 amide bonds. The smallest absolute Gasteiger partial charge is 0.339 e. The normalized spacial score (nSPS) is 37.6. The molecule has 10 rings (SSSR count). The molecule has 6 saturated carbocycles. The van der Waals surface area contributed by atoms with Gasteiger partial charge in [0.25, 0.3) is 0 Å². The maximum Gasteiger partial charge on any atom is 0.339 e. The van der Waals surface area contributed by atoms with E-state index < -0.39 is 17.2 Å². The number of carbonyl (C=O) groups excluding carboxylic acids is 1. The van der Waals surface area contributed by atoms with Gasteiger partial charge in [-0.1, -0.05) is 90.5 Å². The summed E-state index contributed by atoms with van der Waals surface area (Å²) in [5, 5.41) is 38.8. The van der Waals surface area contributed by atoms with E-state index in [4.69, 9.17) is 9.84 Å². The summed E-state index contributed by atoms with van der Waals surface area (Å²) in [6.45, 7) is 23.1. The number of aliphatic hydroxyl groups excluding tert-OH is 1. The van der Waals surface area contributed by atoms with Gasteiger partial charge < -0.3 is 25.2 Å². The molecule has 0 bridgehead atoms. The summed E-state index contributed by atoms with van der Waals surface area (Å²) in [5.41, 5.74) is 4.46. The van der Waals surface area contributed by atoms with Crippen molar-refractivity contribution in [2.45, 2.75) is 234 Å². The van der Waals surface area contributed by atoms with Gasteiger partial charge in [-0.3, -0.25) is 9.97 Å². The molecule has 0 spiro atoms. The fraction of sp³-hybridized carbons (Fsp3) is 0.758. The van der Waals surface area contributed by atoms with Crippen LogP contribution in [0.1, 0.15) is 231 Å². The summed E-state index contributed by atoms with van der Waals surface area (Å²) in [7, 11) is 0. The summed E-state index contributed by atoms with van der Waals surface area (Å²) in [5.74, 6) is 7.03. The number of fused-ring (bicyclic) bond motifs is 10. The van der Waals surface area contributed by atoms with Crippen LogP contribution in [0.2, 0.25) is 0 Å². The quantitative estimate of drug-likeness (QED) is 0.114. The number of aromatic carboxylic acids is 1. The second kappa shape index (κ2) is 23.1. The fourth-order valence-electron chi connectivity index (χ4n) is 18.6. The van der Waals surface area contributed by atoms with Gasteiger partial charge in [-0.05, 0) is 242 Å². The van der Waals surface area contributed by atoms with Crippen LogP contribution in [-0.4, -0.2) is 65.7 Å². The highest BCUT2D eigenvalue weighted by atomic mass is 16.5. The molecule has 16 atom stereocenters. The first kappa shape index (κ1) is 57.8. The lowest BCUT2D eigenvalue weighted by Crippen LogP contribution is -2.51. The van der Waals surface area contributed by atoms with Crippen molar-refractivity contribution in [1.82, 2.24) is 9.97 Å². The first-order chi connectivity index (χ1) is 35.4. The number of aromatic nitrogens is 2. The second-order valence-corrected chi connectivity index (χ2v) is 28.3. The van der Waals surface area contributed by atoms with Crippen molar-refractivity contribution in [3.63, 3.8) is 0 Å². The number of aliphatic hydroxyl groups is 3. The van der Waals surface area contributed by atoms with Gasteiger partial charge in [0.2, 0.25) is 0 Å². The molecule has 2 aromatic rings. The number of pyridine rings is 2. The van der Waals surface area contributed by atoms with Gasteiger partial charge in [0.05, 0.1) is 28.4 Å². The minimum atomic E-state index is -0.942. The Morgan fingerprint density at radius 3 is 1.55 bits per heavy atom. The van der Waals surface area contributed by atoms with Crippen LogP contribution in [-0.2, 0) is 4.74 Å². The zero-order valence-corrected chi connectivity index (χ0v) is 48.2. The molecule has 4 N–H and O–H groups in total. The van der Waals surface area contributed by atoms with Crippen LogP contribution in [0.4, 0.5) is 0 Å². The number of nitrogens with zero attached hydrogens (tertiary/aromatic N) is 2. The predicted molar refractivity (Wildman–Crippen MR) is 300 cm³/mol. The molecule has 9 nitrogen and oxygen atoms in total. The molecule has 8 aliphatic rings. The number of allylic oxidation sites excluding steroid dienone is 2. The number of rotatable bonds is 13. The molecule has 0 saturated heterocycles. The van der Waals surface area contributed by atoms with E-state index in [0.29, 0.717) is 21.8 Å². The zero-order chi connectivity index (χ0) is 54.1. The number of hydrogen-bond acceptors (Lipinski definition) is 8. The predicted octanol–water partition coefficient (Wildman–Crippen LogP) is 15.0. The Morgan fingerprint density at radius 1 is 0.640 bits per heavy atom. The van der Waals surface area contributed by atoms with E-state index in [2.05, 4.69) is 63.7 Å². The topological polar surface area (TPSA) is 150 Å². The van der Waals surface area contributed by atoms with E-state index in [1.165, 1.54) is 102 Å². The molecule has 0 aliphatic heterocycles. The van der Waals surface area contributed by atoms with Crippen LogP contribution in [0.25, 0.3) is 0 Å². The van der Waals surface area contributed by atoms with Gasteiger partial charge in [-0.15, -0.1) is 0 Å². The molecular formula is C66H100N2O7. The fourth-order valence-corrected chi connectivity index (χ4v) is 18.6. The zero-order valence-electron chi connectivity index (χ0n) is 48.2. The first-order valence-electron chi connectivity index (χ1n) is 30.1. The van der Waals surface area contributed by atoms with Crippen molar-refractivity contribution < 1.29 is 34.8 Å². The number of hydrogen-bond donors (Lipinski definition) is 4. The Kier molecular flexibility index (Phi) is 17.8. The summed E-state index contributed by atoms with van der Waals surface area (Å²) >= 11 is 0. The monoisotopic (exact) mass is 1030 g/mol. The van der Waals surface area contributed by atoms with E-state index in [0.717, 1.165) is 117 Å². The van der Waals surface area contributed by atoms with Crippen LogP contribution >= 0.6 is 0 Å². The van der Waals surface area contributed by atoms with Crippen LogP contribution in [0.3, 0.4) is 0 Å². The van der Waals surface area contributed by atoms with Crippen molar-refractivity contribution in [2.24, 2.45) is 80.8 Å². The number of carbonyl (C=O) groups is 2. The minimum absolute atomic E-state index is 0.0157. The Bertz CT molecular complexity index is 2300. The van der Waals surface area contributed by atoms with Gasteiger partial charge in [0, 0.05) is 31.2 Å². The molecule has 0 aromatic carbocycles. The molecular weight excluding hydrogens is 933 g/mol. The van der Waals surface area contributed by atoms with Gasteiger partial charge in [-0.25, -0.2) is 9.59 Å². The van der Waals surface area contributed by atoms with Gasteiger partial charge in [0.1, 0.15) is 6.10 Å². The molecule has 75 heavy (non-hydrogen) atoms. The molecule has 2 heterocycles. The maximum absolute atomic E-state index is 12.6. The van der Waals surface area contributed by atoms with E-state index in [-0.39, 0.29) is 29.2 Å². The van der Waals surface area contributed by atoms with Crippen LogP contribution < -0.4 is 0 Å². The van der Waals surface area contributed by atoms with Crippen LogP contribution in [0.5, 0.6) is 0 Å². The SMILES string of the molecule is C[C@H](CCCC(C)(C)O)[C@H]1CC[C@H]2[C@@H]3CC=C4C[C@@H](O)CC[C@]4(C)[C@H]3CC[C@]12C.C[C@H](CCCC(C)(C)O)[C@H]1CC[C@H]2[C@@H]3CC=C4C[C@@H](OC(=O)c5cccnc5)CC[C@]4(C)[C@H]3CC[C@]12C.O=C(O)c1cccnc1. The molecule has 0 unspecified atom stereocenters. The average molecular weight is 1030 g/mol. The third kappa shape index (κ3) is 12.6. The molecule has 0 radical (unpaired) electrons. The lowest BCUT2D eigenvalue weighted by Gasteiger charge is -2.58. The third-order valence-corrected chi connectivity index (χ3v) is 22.6. The van der Waals surface area contributed by atoms with E-state index in [1.807, 2.05) is 27.7 Å². The summed E-state index contributed by atoms with van der Waals surface area (Å²) in [6.07, 6.45) is 37.5. The second-order valence-electron chi connectivity index (χ2n) is 28.3. The Hall–Kier alpha value is -3.40. The van der Waals surface area contributed by atoms with Crippen LogP contribution in [0.15, 0.2) is 72.4 Å². The van der Waals surface area contributed by atoms with Crippen LogP contribution in [0, 0.1) is 80.8 Å². The van der Waals surface area contributed by atoms with Crippen molar-refractivity contribution >= 4 is 11.9 Å². The summed E-state index contributed by atoms with van der Waals surface area (Å²) < 4.78 is 5.95. The van der Waals surface area contributed by atoms with E-state index in [1.54, 1.807) is 41.7 Å². The standard InChI is InChI=1S/C33H49NO3.C27H46O2.C6H5NO2/c1-22(8-6-16-31(2,3)36)27-12-13-28-26-11-10-24-20-25(37-30(35)23-9-7-19-34-21-23)14-17-32(24,4)29(26)15-18-33(27,28)5;1-18(7-6-14-25(2,3)29)22-10-11-23-21-9-8-19-17-20(28)12-15-26(19,4)24(21)13-16-27(22,23)5;8-6(9)5-2-1-3-7-4-5/h7,9-10,19,21-22,25-29,36H,6,8,11-18,20H2,1-5H3;8,18,20-24,28-29H,6-7,9-17H2,1-5H3;1-4H,(H,8,9)/t22-,25+,26+,27-,28+,29+,32+,33-;18-,20+,21+,22-,23+,24+,26+,27-;/m11./s1. The highest BCUT2D eigenvalue weighted by molar-refractivity contribution is 5.89. The molecule has 6 fully saturated rings. The van der Waals surface area contributed by atoms with Crippen molar-refractivity contribution in [2.75, 3.05) is 0 Å². The number of carboxylic acid groups (broad SMARTS) is 1. The van der Waals surface area contributed by atoms with Crippen molar-refractivity contribution in [1.29, 1.82) is 0 Å². The lowest BCUT2D eigenvalue weighted by atomic mass is 9.47. The lowest BCUT2D eigenvalue weighted by molar-refractivity contribution is -0.0597. The first-order valence-corrected chi connectivity index (χ1v) is 30.1. The Labute approximate surface area is 453 Å². The molecule has 9 heteroatoms.